The molecule has 3 aromatic rings. The zero-order chi connectivity index (χ0) is 19.6. The van der Waals surface area contributed by atoms with Gasteiger partial charge in [0.15, 0.2) is 0 Å². The molecule has 3 aromatic carbocycles. The Labute approximate surface area is 157 Å². The summed E-state index contributed by atoms with van der Waals surface area (Å²) in [6.45, 7) is 5.20. The number of fused-ring (bicyclic) bond motifs is 2. The van der Waals surface area contributed by atoms with Crippen LogP contribution in [-0.2, 0) is 16.0 Å². The molecule has 0 heterocycles. The molecule has 27 heavy (non-hydrogen) atoms. The lowest BCUT2D eigenvalue weighted by Gasteiger charge is -2.22. The van der Waals surface area contributed by atoms with E-state index < -0.39 is 23.7 Å². The van der Waals surface area contributed by atoms with Crippen LogP contribution < -0.4 is 5.32 Å². The summed E-state index contributed by atoms with van der Waals surface area (Å²) in [5.74, 6) is -1.10. The molecular weight excluding hydrogens is 342 g/mol. The molecule has 0 fully saturated rings. The Bertz CT molecular complexity index is 1000. The predicted molar refractivity (Wildman–Crippen MR) is 106 cm³/mol. The topological polar surface area (TPSA) is 75.6 Å². The summed E-state index contributed by atoms with van der Waals surface area (Å²) in [5.41, 5.74) is 0.151. The fraction of sp³-hybridized carbons (Fsp3) is 0.273. The number of hydrogen-bond donors (Lipinski definition) is 2. The molecule has 1 amide bonds. The van der Waals surface area contributed by atoms with Crippen molar-refractivity contribution in [1.82, 2.24) is 5.32 Å². The fourth-order valence-electron chi connectivity index (χ4n) is 3.00. The van der Waals surface area contributed by atoms with Gasteiger partial charge in [-0.15, -0.1) is 0 Å². The van der Waals surface area contributed by atoms with Crippen molar-refractivity contribution >= 4 is 33.6 Å². The van der Waals surface area contributed by atoms with E-state index in [1.165, 1.54) is 0 Å². The quantitative estimate of drug-likeness (QED) is 0.667. The van der Waals surface area contributed by atoms with Crippen molar-refractivity contribution in [3.8, 4) is 0 Å². The summed E-state index contributed by atoms with van der Waals surface area (Å²) in [5, 5.41) is 16.3. The molecule has 0 saturated heterocycles. The summed E-state index contributed by atoms with van der Waals surface area (Å²) in [4.78, 5) is 23.5. The fourth-order valence-corrected chi connectivity index (χ4v) is 3.00. The van der Waals surface area contributed by atoms with Gasteiger partial charge in [0, 0.05) is 6.42 Å². The number of aliphatic carboxylic acids is 1. The maximum Gasteiger partial charge on any atom is 0.408 e. The Morgan fingerprint density at radius 1 is 0.963 bits per heavy atom. The van der Waals surface area contributed by atoms with Crippen LogP contribution in [0.2, 0.25) is 0 Å². The van der Waals surface area contributed by atoms with Crippen molar-refractivity contribution < 1.29 is 19.4 Å². The monoisotopic (exact) mass is 365 g/mol. The average Bonchev–Trinajstić information content (AvgIpc) is 2.57. The van der Waals surface area contributed by atoms with Crippen LogP contribution in [0.25, 0.3) is 21.5 Å². The lowest BCUT2D eigenvalue weighted by atomic mass is 9.99. The summed E-state index contributed by atoms with van der Waals surface area (Å²) in [7, 11) is 0. The van der Waals surface area contributed by atoms with Crippen molar-refractivity contribution in [1.29, 1.82) is 0 Å². The van der Waals surface area contributed by atoms with Crippen molar-refractivity contribution in [2.24, 2.45) is 0 Å². The number of amides is 1. The summed E-state index contributed by atoms with van der Waals surface area (Å²) in [6, 6.07) is 17.1. The molecule has 0 saturated carbocycles. The maximum absolute atomic E-state index is 11.9. The molecule has 5 heteroatoms. The van der Waals surface area contributed by atoms with Crippen molar-refractivity contribution in [3.63, 3.8) is 0 Å². The molecule has 0 bridgehead atoms. The molecule has 0 spiro atoms. The Hall–Kier alpha value is -3.08. The average molecular weight is 365 g/mol. The number of carbonyl (C=O) groups excluding carboxylic acids is 1. The van der Waals surface area contributed by atoms with Crippen LogP contribution in [-0.4, -0.2) is 28.8 Å². The number of alkyl carbamates (subject to hydrolysis) is 1. The molecule has 0 radical (unpaired) electrons. The third-order valence-electron chi connectivity index (χ3n) is 4.20. The van der Waals surface area contributed by atoms with Gasteiger partial charge >= 0.3 is 12.1 Å². The highest BCUT2D eigenvalue weighted by molar-refractivity contribution is 5.98. The minimum Gasteiger partial charge on any atom is -0.480 e. The number of hydrogen-bond acceptors (Lipinski definition) is 3. The SMILES string of the molecule is CC(C)(C)OC(=O)NC(Cc1ccc2cc3ccccc3cc2c1)C(=O)O. The third-order valence-corrected chi connectivity index (χ3v) is 4.20. The summed E-state index contributed by atoms with van der Waals surface area (Å²) in [6.07, 6.45) is -0.557. The first-order valence-electron chi connectivity index (χ1n) is 8.85. The Balaban J connectivity index is 1.83. The highest BCUT2D eigenvalue weighted by atomic mass is 16.6. The van der Waals surface area contributed by atoms with Gasteiger partial charge in [-0.05, 0) is 60.0 Å². The zero-order valence-corrected chi connectivity index (χ0v) is 15.7. The molecule has 140 valence electrons. The van der Waals surface area contributed by atoms with Crippen LogP contribution in [0.15, 0.2) is 54.6 Å². The van der Waals surface area contributed by atoms with Crippen LogP contribution in [0, 0.1) is 0 Å². The predicted octanol–water partition coefficient (Wildman–Crippen LogP) is 4.51. The second-order valence-electron chi connectivity index (χ2n) is 7.62. The highest BCUT2D eigenvalue weighted by Gasteiger charge is 2.24. The van der Waals surface area contributed by atoms with Crippen LogP contribution in [0.1, 0.15) is 26.3 Å². The van der Waals surface area contributed by atoms with Crippen LogP contribution in [0.4, 0.5) is 4.79 Å². The zero-order valence-electron chi connectivity index (χ0n) is 15.7. The number of ether oxygens (including phenoxy) is 1. The molecule has 3 rings (SSSR count). The van der Waals surface area contributed by atoms with Crippen molar-refractivity contribution in [2.75, 3.05) is 0 Å². The van der Waals surface area contributed by atoms with Gasteiger partial charge in [0.1, 0.15) is 11.6 Å². The van der Waals surface area contributed by atoms with Gasteiger partial charge in [0.25, 0.3) is 0 Å². The number of carbonyl (C=O) groups is 2. The van der Waals surface area contributed by atoms with Gasteiger partial charge in [-0.2, -0.15) is 0 Å². The summed E-state index contributed by atoms with van der Waals surface area (Å²) >= 11 is 0. The van der Waals surface area contributed by atoms with Gasteiger partial charge in [-0.25, -0.2) is 9.59 Å². The molecular formula is C22H23NO4. The molecule has 5 nitrogen and oxygen atoms in total. The Kier molecular flexibility index (Phi) is 5.04. The van der Waals surface area contributed by atoms with Gasteiger partial charge in [0.05, 0.1) is 0 Å². The van der Waals surface area contributed by atoms with Gasteiger partial charge < -0.3 is 15.2 Å². The van der Waals surface area contributed by atoms with E-state index in [-0.39, 0.29) is 6.42 Å². The second kappa shape index (κ2) is 7.27. The van der Waals surface area contributed by atoms with E-state index in [1.54, 1.807) is 20.8 Å². The maximum atomic E-state index is 11.9. The molecule has 0 aliphatic heterocycles. The minimum absolute atomic E-state index is 0.178. The van der Waals surface area contributed by atoms with E-state index >= 15 is 0 Å². The summed E-state index contributed by atoms with van der Waals surface area (Å²) < 4.78 is 5.16. The van der Waals surface area contributed by atoms with Crippen LogP contribution in [0.5, 0.6) is 0 Å². The smallest absolute Gasteiger partial charge is 0.408 e. The van der Waals surface area contributed by atoms with Gasteiger partial charge in [0.2, 0.25) is 0 Å². The first-order chi connectivity index (χ1) is 12.7. The first kappa shape index (κ1) is 18.7. The van der Waals surface area contributed by atoms with Gasteiger partial charge in [-0.1, -0.05) is 42.5 Å². The van der Waals surface area contributed by atoms with E-state index in [0.29, 0.717) is 0 Å². The third kappa shape index (κ3) is 4.76. The van der Waals surface area contributed by atoms with Gasteiger partial charge in [-0.3, -0.25) is 0 Å². The van der Waals surface area contributed by atoms with E-state index in [9.17, 15) is 14.7 Å². The minimum atomic E-state index is -1.10. The van der Waals surface area contributed by atoms with E-state index in [0.717, 1.165) is 27.1 Å². The van der Waals surface area contributed by atoms with Crippen LogP contribution in [0.3, 0.4) is 0 Å². The molecule has 1 unspecified atom stereocenters. The number of benzene rings is 3. The molecule has 0 aromatic heterocycles. The Morgan fingerprint density at radius 3 is 2.15 bits per heavy atom. The Morgan fingerprint density at radius 2 is 1.56 bits per heavy atom. The number of rotatable bonds is 4. The number of nitrogens with one attached hydrogen (secondary N) is 1. The normalized spacial score (nSPS) is 12.7. The second-order valence-corrected chi connectivity index (χ2v) is 7.62. The highest BCUT2D eigenvalue weighted by Crippen LogP contribution is 2.24. The first-order valence-corrected chi connectivity index (χ1v) is 8.85. The van der Waals surface area contributed by atoms with Crippen molar-refractivity contribution in [3.05, 3.63) is 60.2 Å². The molecule has 0 aliphatic rings. The van der Waals surface area contributed by atoms with Crippen LogP contribution >= 0.6 is 0 Å². The largest absolute Gasteiger partial charge is 0.480 e. The standard InChI is InChI=1S/C22H23NO4/c1-22(2,3)27-21(26)23-19(20(24)25)11-14-8-9-17-12-15-6-4-5-7-16(15)13-18(17)10-14/h4-10,12-13,19H,11H2,1-3H3,(H,23,26)(H,24,25). The van der Waals surface area contributed by atoms with E-state index in [4.69, 9.17) is 4.74 Å². The number of carboxylic acid groups (broad SMARTS) is 1. The number of carboxylic acids is 1. The molecule has 2 N–H and O–H groups in total. The lowest BCUT2D eigenvalue weighted by molar-refractivity contribution is -0.139. The molecule has 1 atom stereocenters. The van der Waals surface area contributed by atoms with E-state index in [2.05, 4.69) is 23.5 Å². The van der Waals surface area contributed by atoms with E-state index in [1.807, 2.05) is 36.4 Å². The molecule has 0 aliphatic carbocycles. The lowest BCUT2D eigenvalue weighted by Crippen LogP contribution is -2.44. The van der Waals surface area contributed by atoms with Crippen molar-refractivity contribution in [2.45, 2.75) is 38.8 Å².